The minimum Gasteiger partial charge on any atom is -0.422 e. The van der Waals surface area contributed by atoms with E-state index in [4.69, 9.17) is 4.42 Å². The van der Waals surface area contributed by atoms with Gasteiger partial charge in [0.1, 0.15) is 6.54 Å². The number of aromatic nitrogens is 3. The number of para-hydroxylation sites is 2. The fourth-order valence-electron chi connectivity index (χ4n) is 2.96. The van der Waals surface area contributed by atoms with Crippen LogP contribution in [-0.2, 0) is 11.3 Å². The van der Waals surface area contributed by atoms with E-state index in [1.807, 2.05) is 12.1 Å². The smallest absolute Gasteiger partial charge is 0.353 e. The molecule has 0 aliphatic carbocycles. The molecular formula is C15H16N4O3. The number of amides is 1. The topological polar surface area (TPSA) is 72.7 Å². The molecule has 7 nitrogen and oxygen atoms in total. The van der Waals surface area contributed by atoms with Crippen LogP contribution in [0.3, 0.4) is 0 Å². The molecule has 0 saturated carbocycles. The van der Waals surface area contributed by atoms with Gasteiger partial charge in [-0.3, -0.25) is 4.79 Å². The van der Waals surface area contributed by atoms with Crippen LogP contribution < -0.4 is 5.69 Å². The second-order valence-electron chi connectivity index (χ2n) is 5.57. The van der Waals surface area contributed by atoms with Gasteiger partial charge in [0.15, 0.2) is 5.58 Å². The van der Waals surface area contributed by atoms with Crippen molar-refractivity contribution in [3.05, 3.63) is 34.7 Å². The number of nitrogens with zero attached hydrogens (tertiary/aromatic N) is 4. The highest BCUT2D eigenvalue weighted by atomic mass is 16.4. The van der Waals surface area contributed by atoms with E-state index in [2.05, 4.69) is 5.10 Å². The number of likely N-dealkylation sites (tertiary alicyclic amines) is 1. The van der Waals surface area contributed by atoms with Crippen LogP contribution in [0.2, 0.25) is 0 Å². The number of carbonyl (C=O) groups excluding carboxylic acids is 1. The van der Waals surface area contributed by atoms with Gasteiger partial charge in [0.2, 0.25) is 5.91 Å². The summed E-state index contributed by atoms with van der Waals surface area (Å²) < 4.78 is 8.13. The monoisotopic (exact) mass is 300 g/mol. The van der Waals surface area contributed by atoms with Crippen LogP contribution >= 0.6 is 0 Å². The van der Waals surface area contributed by atoms with E-state index in [9.17, 15) is 9.59 Å². The van der Waals surface area contributed by atoms with E-state index >= 15 is 0 Å². The average Bonchev–Trinajstić information content (AvgIpc) is 3.05. The summed E-state index contributed by atoms with van der Waals surface area (Å²) in [4.78, 5) is 26.5. The van der Waals surface area contributed by atoms with Gasteiger partial charge in [-0.25, -0.2) is 13.9 Å². The number of oxazole rings is 1. The van der Waals surface area contributed by atoms with Crippen molar-refractivity contribution in [1.82, 2.24) is 19.1 Å². The molecule has 1 aliphatic rings. The molecule has 0 N–H and O–H groups in total. The van der Waals surface area contributed by atoms with Crippen LogP contribution in [-0.4, -0.2) is 38.1 Å². The normalized spacial score (nSPS) is 15.7. The molecule has 0 atom stereocenters. The SMILES string of the molecule is O=C(Cn1nc2oc3ccccc3n2c1=O)N1CCCCC1. The van der Waals surface area contributed by atoms with Crippen molar-refractivity contribution < 1.29 is 9.21 Å². The highest BCUT2D eigenvalue weighted by Gasteiger charge is 2.20. The quantitative estimate of drug-likeness (QED) is 0.714. The average molecular weight is 300 g/mol. The summed E-state index contributed by atoms with van der Waals surface area (Å²) in [5.74, 6) is 0.157. The first kappa shape index (κ1) is 13.1. The summed E-state index contributed by atoms with van der Waals surface area (Å²) in [7, 11) is 0. The van der Waals surface area contributed by atoms with E-state index < -0.39 is 0 Å². The second kappa shape index (κ2) is 5.01. The Bertz CT molecular complexity index is 898. The molecule has 1 aromatic carbocycles. The number of benzene rings is 1. The largest absolute Gasteiger partial charge is 0.422 e. The van der Waals surface area contributed by atoms with Crippen molar-refractivity contribution in [2.24, 2.45) is 0 Å². The molecule has 2 aromatic heterocycles. The molecule has 7 heteroatoms. The van der Waals surface area contributed by atoms with Crippen molar-refractivity contribution in [1.29, 1.82) is 0 Å². The molecule has 1 fully saturated rings. The van der Waals surface area contributed by atoms with Gasteiger partial charge in [0, 0.05) is 13.1 Å². The number of carbonyl (C=O) groups is 1. The molecule has 114 valence electrons. The molecule has 0 bridgehead atoms. The lowest BCUT2D eigenvalue weighted by atomic mass is 10.1. The van der Waals surface area contributed by atoms with E-state index in [0.717, 1.165) is 32.4 Å². The van der Waals surface area contributed by atoms with E-state index in [0.29, 0.717) is 11.1 Å². The maximum atomic E-state index is 12.5. The van der Waals surface area contributed by atoms with E-state index in [1.54, 1.807) is 17.0 Å². The first-order valence-electron chi connectivity index (χ1n) is 7.49. The molecule has 3 aromatic rings. The summed E-state index contributed by atoms with van der Waals surface area (Å²) in [5.41, 5.74) is 0.932. The molecule has 3 heterocycles. The molecule has 0 unspecified atom stereocenters. The van der Waals surface area contributed by atoms with Gasteiger partial charge in [-0.1, -0.05) is 12.1 Å². The Hall–Kier alpha value is -2.57. The Kier molecular flexibility index (Phi) is 2.99. The lowest BCUT2D eigenvalue weighted by Crippen LogP contribution is -2.39. The summed E-state index contributed by atoms with van der Waals surface area (Å²) in [6, 6.07) is 7.25. The molecule has 0 spiro atoms. The van der Waals surface area contributed by atoms with Crippen molar-refractivity contribution in [3.63, 3.8) is 0 Å². The summed E-state index contributed by atoms with van der Waals surface area (Å²) in [5, 5.41) is 4.14. The summed E-state index contributed by atoms with van der Waals surface area (Å²) in [6.45, 7) is 1.49. The van der Waals surface area contributed by atoms with Gasteiger partial charge >= 0.3 is 11.5 Å². The van der Waals surface area contributed by atoms with Gasteiger partial charge in [-0.15, -0.1) is 5.10 Å². The van der Waals surface area contributed by atoms with Crippen LogP contribution in [0.25, 0.3) is 16.9 Å². The third-order valence-electron chi connectivity index (χ3n) is 4.11. The molecular weight excluding hydrogens is 284 g/mol. The zero-order valence-corrected chi connectivity index (χ0v) is 12.1. The van der Waals surface area contributed by atoms with Crippen LogP contribution in [0.1, 0.15) is 19.3 Å². The third-order valence-corrected chi connectivity index (χ3v) is 4.11. The van der Waals surface area contributed by atoms with Gasteiger partial charge in [-0.05, 0) is 31.4 Å². The lowest BCUT2D eigenvalue weighted by molar-refractivity contribution is -0.133. The fraction of sp³-hybridized carbons (Fsp3) is 0.400. The number of fused-ring (bicyclic) bond motifs is 3. The van der Waals surface area contributed by atoms with Gasteiger partial charge in [0.05, 0.1) is 5.52 Å². The van der Waals surface area contributed by atoms with Gasteiger partial charge < -0.3 is 9.32 Å². The molecule has 1 aliphatic heterocycles. The summed E-state index contributed by atoms with van der Waals surface area (Å²) in [6.07, 6.45) is 3.21. The maximum Gasteiger partial charge on any atom is 0.353 e. The fourth-order valence-corrected chi connectivity index (χ4v) is 2.96. The highest BCUT2D eigenvalue weighted by molar-refractivity contribution is 5.77. The van der Waals surface area contributed by atoms with E-state index in [-0.39, 0.29) is 24.0 Å². The van der Waals surface area contributed by atoms with Crippen molar-refractivity contribution in [2.75, 3.05) is 13.1 Å². The van der Waals surface area contributed by atoms with Gasteiger partial charge in [0.25, 0.3) is 0 Å². The second-order valence-corrected chi connectivity index (χ2v) is 5.57. The minimum absolute atomic E-state index is 0.0373. The predicted octanol–water partition coefficient (Wildman–Crippen LogP) is 1.25. The Labute approximate surface area is 125 Å². The van der Waals surface area contributed by atoms with Crippen molar-refractivity contribution in [3.8, 4) is 0 Å². The van der Waals surface area contributed by atoms with Crippen molar-refractivity contribution in [2.45, 2.75) is 25.8 Å². The predicted molar refractivity (Wildman–Crippen MR) is 79.7 cm³/mol. The van der Waals surface area contributed by atoms with Gasteiger partial charge in [-0.2, -0.15) is 0 Å². The Balaban J connectivity index is 1.69. The first-order valence-corrected chi connectivity index (χ1v) is 7.49. The highest BCUT2D eigenvalue weighted by Crippen LogP contribution is 2.16. The minimum atomic E-state index is -0.342. The molecule has 1 amide bonds. The molecule has 4 rings (SSSR count). The van der Waals surface area contributed by atoms with Crippen LogP contribution in [0.4, 0.5) is 0 Å². The number of piperidine rings is 1. The number of rotatable bonds is 2. The summed E-state index contributed by atoms with van der Waals surface area (Å²) >= 11 is 0. The standard InChI is InChI=1S/C15H16N4O3/c20-13(17-8-4-1-5-9-17)10-18-15(21)19-11-6-2-3-7-12(11)22-14(19)16-18/h2-3,6-7H,1,4-5,8-10H2. The first-order chi connectivity index (χ1) is 10.7. The van der Waals surface area contributed by atoms with Crippen LogP contribution in [0.5, 0.6) is 0 Å². The Morgan fingerprint density at radius 2 is 1.95 bits per heavy atom. The Morgan fingerprint density at radius 3 is 2.77 bits per heavy atom. The maximum absolute atomic E-state index is 12.5. The van der Waals surface area contributed by atoms with E-state index in [1.165, 1.54) is 9.08 Å². The Morgan fingerprint density at radius 1 is 1.18 bits per heavy atom. The number of hydrogen-bond acceptors (Lipinski definition) is 4. The van der Waals surface area contributed by atoms with Crippen LogP contribution in [0, 0.1) is 0 Å². The molecule has 0 radical (unpaired) electrons. The molecule has 22 heavy (non-hydrogen) atoms. The zero-order chi connectivity index (χ0) is 15.1. The number of hydrogen-bond donors (Lipinski definition) is 0. The van der Waals surface area contributed by atoms with Crippen LogP contribution in [0.15, 0.2) is 33.5 Å². The van der Waals surface area contributed by atoms with Crippen molar-refractivity contribution >= 4 is 22.9 Å². The molecule has 1 saturated heterocycles. The third kappa shape index (κ3) is 2.01. The lowest BCUT2D eigenvalue weighted by Gasteiger charge is -2.26. The zero-order valence-electron chi connectivity index (χ0n) is 12.1.